The fourth-order valence-corrected chi connectivity index (χ4v) is 5.24. The Bertz CT molecular complexity index is 1010. The van der Waals surface area contributed by atoms with E-state index in [4.69, 9.17) is 9.47 Å². The molecular formula is C34H57N3O8. The third-order valence-electron chi connectivity index (χ3n) is 8.04. The number of ether oxygens (including phenoxy) is 2. The lowest BCUT2D eigenvalue weighted by Gasteiger charge is -2.31. The van der Waals surface area contributed by atoms with Gasteiger partial charge in [-0.15, -0.1) is 0 Å². The minimum atomic E-state index is -2.06. The molecule has 0 radical (unpaired) electrons. The molecule has 0 saturated carbocycles. The summed E-state index contributed by atoms with van der Waals surface area (Å²) in [5.41, 5.74) is 0.154. The SMILES string of the molecule is C=C1/C=C/C(=O)N(C)CC(=O)N[C@@H]([C@H](O)C(=O)OCC)C(=O)O[C@@H]([C@H](C)CCCCCCCCCCCC(C)C)[C@H](C)C(=O)N1. The first-order valence-corrected chi connectivity index (χ1v) is 16.6. The van der Waals surface area contributed by atoms with Gasteiger partial charge in [-0.3, -0.25) is 14.4 Å². The number of allylic oxidation sites excluding steroid dienone is 1. The van der Waals surface area contributed by atoms with Crippen molar-refractivity contribution in [3.05, 3.63) is 24.4 Å². The zero-order chi connectivity index (χ0) is 33.9. The molecule has 0 aliphatic carbocycles. The molecule has 0 saturated heterocycles. The predicted molar refractivity (Wildman–Crippen MR) is 172 cm³/mol. The maximum absolute atomic E-state index is 13.5. The molecule has 1 heterocycles. The minimum Gasteiger partial charge on any atom is -0.464 e. The van der Waals surface area contributed by atoms with E-state index in [1.165, 1.54) is 58.6 Å². The summed E-state index contributed by atoms with van der Waals surface area (Å²) in [5, 5.41) is 15.6. The van der Waals surface area contributed by atoms with Crippen LogP contribution in [0.5, 0.6) is 0 Å². The molecule has 3 amide bonds. The average molecular weight is 636 g/mol. The van der Waals surface area contributed by atoms with Crippen LogP contribution in [0.15, 0.2) is 24.4 Å². The third kappa shape index (κ3) is 15.6. The van der Waals surface area contributed by atoms with Crippen LogP contribution in [0.25, 0.3) is 0 Å². The smallest absolute Gasteiger partial charge is 0.337 e. The molecule has 1 aliphatic rings. The van der Waals surface area contributed by atoms with Crippen molar-refractivity contribution in [1.82, 2.24) is 15.5 Å². The third-order valence-corrected chi connectivity index (χ3v) is 8.04. The van der Waals surface area contributed by atoms with Crippen molar-refractivity contribution < 1.29 is 38.6 Å². The lowest BCUT2D eigenvalue weighted by molar-refractivity contribution is -0.170. The number of rotatable bonds is 16. The van der Waals surface area contributed by atoms with Crippen LogP contribution in [0, 0.1) is 17.8 Å². The highest BCUT2D eigenvalue weighted by molar-refractivity contribution is 5.94. The molecule has 0 aromatic carbocycles. The number of aliphatic hydroxyl groups is 1. The first-order chi connectivity index (χ1) is 21.3. The van der Waals surface area contributed by atoms with E-state index >= 15 is 0 Å². The molecule has 45 heavy (non-hydrogen) atoms. The molecule has 0 aromatic rings. The van der Waals surface area contributed by atoms with E-state index in [1.54, 1.807) is 6.92 Å². The quantitative estimate of drug-likeness (QED) is 0.169. The van der Waals surface area contributed by atoms with Crippen LogP contribution in [0.4, 0.5) is 0 Å². The van der Waals surface area contributed by atoms with Crippen LogP contribution >= 0.6 is 0 Å². The summed E-state index contributed by atoms with van der Waals surface area (Å²) in [6.45, 7) is 12.8. The molecule has 11 heteroatoms. The van der Waals surface area contributed by atoms with Crippen LogP contribution in [-0.4, -0.2) is 78.1 Å². The van der Waals surface area contributed by atoms with E-state index in [-0.39, 0.29) is 18.2 Å². The average Bonchev–Trinajstić information content (AvgIpc) is 2.98. The van der Waals surface area contributed by atoms with Gasteiger partial charge in [-0.05, 0) is 31.3 Å². The van der Waals surface area contributed by atoms with Gasteiger partial charge < -0.3 is 30.1 Å². The molecule has 0 bridgehead atoms. The number of unbranched alkanes of at least 4 members (excludes halogenated alkanes) is 8. The number of cyclic esters (lactones) is 1. The Kier molecular flexibility index (Phi) is 19.0. The summed E-state index contributed by atoms with van der Waals surface area (Å²) in [5.74, 6) is -4.42. The Balaban J connectivity index is 2.99. The Labute approximate surface area is 269 Å². The monoisotopic (exact) mass is 635 g/mol. The van der Waals surface area contributed by atoms with Crippen molar-refractivity contribution in [3.8, 4) is 0 Å². The fourth-order valence-electron chi connectivity index (χ4n) is 5.24. The van der Waals surface area contributed by atoms with Crippen LogP contribution in [-0.2, 0) is 33.4 Å². The van der Waals surface area contributed by atoms with Crippen molar-refractivity contribution in [1.29, 1.82) is 0 Å². The van der Waals surface area contributed by atoms with E-state index in [2.05, 4.69) is 31.1 Å². The van der Waals surface area contributed by atoms with Crippen molar-refractivity contribution in [3.63, 3.8) is 0 Å². The number of carbonyl (C=O) groups is 5. The maximum atomic E-state index is 13.5. The van der Waals surface area contributed by atoms with Crippen molar-refractivity contribution in [2.45, 2.75) is 123 Å². The summed E-state index contributed by atoms with van der Waals surface area (Å²) in [4.78, 5) is 65.3. The molecule has 0 fully saturated rings. The van der Waals surface area contributed by atoms with Gasteiger partial charge in [0.15, 0.2) is 12.1 Å². The number of carbonyl (C=O) groups excluding carboxylic acids is 5. The molecule has 1 aliphatic heterocycles. The van der Waals surface area contributed by atoms with Gasteiger partial charge in [0, 0.05) is 18.8 Å². The number of likely N-dealkylation sites (N-methyl/N-ethyl adjacent to an activating group) is 1. The Morgan fingerprint density at radius 1 is 1.00 bits per heavy atom. The molecule has 256 valence electrons. The Morgan fingerprint density at radius 3 is 2.11 bits per heavy atom. The van der Waals surface area contributed by atoms with Gasteiger partial charge in [-0.2, -0.15) is 0 Å². The van der Waals surface area contributed by atoms with Gasteiger partial charge in [-0.1, -0.05) is 98.5 Å². The second kappa shape index (κ2) is 21.5. The van der Waals surface area contributed by atoms with E-state index < -0.39 is 60.4 Å². The van der Waals surface area contributed by atoms with Gasteiger partial charge in [-0.25, -0.2) is 9.59 Å². The zero-order valence-electron chi connectivity index (χ0n) is 28.3. The number of aliphatic hydroxyl groups excluding tert-OH is 1. The lowest BCUT2D eigenvalue weighted by atomic mass is 9.88. The summed E-state index contributed by atoms with van der Waals surface area (Å²) in [7, 11) is 1.36. The summed E-state index contributed by atoms with van der Waals surface area (Å²) < 4.78 is 10.7. The fraction of sp³-hybridized carbons (Fsp3) is 0.735. The van der Waals surface area contributed by atoms with E-state index in [9.17, 15) is 29.1 Å². The highest BCUT2D eigenvalue weighted by Crippen LogP contribution is 2.25. The van der Waals surface area contributed by atoms with E-state index in [0.29, 0.717) is 6.42 Å². The van der Waals surface area contributed by atoms with E-state index in [1.807, 2.05) is 6.92 Å². The maximum Gasteiger partial charge on any atom is 0.337 e. The van der Waals surface area contributed by atoms with Gasteiger partial charge >= 0.3 is 11.9 Å². The summed E-state index contributed by atoms with van der Waals surface area (Å²) in [6.07, 6.45) is 11.9. The number of nitrogens with one attached hydrogen (secondary N) is 2. The highest BCUT2D eigenvalue weighted by Gasteiger charge is 2.40. The Morgan fingerprint density at radius 2 is 1.56 bits per heavy atom. The molecule has 3 N–H and O–H groups in total. The normalized spacial score (nSPS) is 22.5. The molecule has 0 spiro atoms. The largest absolute Gasteiger partial charge is 0.464 e. The molecule has 5 atom stereocenters. The molecule has 1 rings (SSSR count). The topological polar surface area (TPSA) is 151 Å². The second-order valence-electron chi connectivity index (χ2n) is 12.6. The number of esters is 2. The first kappa shape index (κ1) is 39.8. The number of amides is 3. The van der Waals surface area contributed by atoms with Gasteiger partial charge in [0.05, 0.1) is 19.1 Å². The van der Waals surface area contributed by atoms with Crippen molar-refractivity contribution in [2.24, 2.45) is 17.8 Å². The molecule has 0 unspecified atom stereocenters. The summed E-state index contributed by atoms with van der Waals surface area (Å²) in [6, 6.07) is -1.81. The van der Waals surface area contributed by atoms with Gasteiger partial charge in [0.2, 0.25) is 17.7 Å². The van der Waals surface area contributed by atoms with Crippen molar-refractivity contribution >= 4 is 29.7 Å². The van der Waals surface area contributed by atoms with Crippen LogP contribution in [0.1, 0.15) is 105 Å². The van der Waals surface area contributed by atoms with Crippen LogP contribution in [0.3, 0.4) is 0 Å². The molecule has 11 nitrogen and oxygen atoms in total. The van der Waals surface area contributed by atoms with Crippen LogP contribution in [0.2, 0.25) is 0 Å². The minimum absolute atomic E-state index is 0.0613. The van der Waals surface area contributed by atoms with E-state index in [0.717, 1.165) is 42.6 Å². The van der Waals surface area contributed by atoms with Crippen molar-refractivity contribution in [2.75, 3.05) is 20.2 Å². The number of hydrogen-bond donors (Lipinski definition) is 3. The molecule has 0 aromatic heterocycles. The summed E-state index contributed by atoms with van der Waals surface area (Å²) >= 11 is 0. The highest BCUT2D eigenvalue weighted by atomic mass is 16.6. The number of hydrogen-bond acceptors (Lipinski definition) is 8. The zero-order valence-corrected chi connectivity index (χ0v) is 28.3. The number of nitrogens with zero attached hydrogens (tertiary/aromatic N) is 1. The Hall–Kier alpha value is -3.21. The predicted octanol–water partition coefficient (Wildman–Crippen LogP) is 4.18. The standard InChI is InChI=1S/C34H57N3O8/c1-8-44-34(43)30(40)29-33(42)45-31(24(4)19-17-15-13-11-9-10-12-14-16-18-23(2)3)26(6)32(41)35-25(5)20-21-28(39)37(7)22-27(38)36-29/h20-21,23-24,26,29-31,40H,5,8-19,22H2,1-4,6-7H3,(H,35,41)(H,36,38)/b21-20+/t24-,26+,29+,30+,31+/m1/s1. The molecular weight excluding hydrogens is 578 g/mol. The van der Waals surface area contributed by atoms with Gasteiger partial charge in [0.25, 0.3) is 0 Å². The van der Waals surface area contributed by atoms with Gasteiger partial charge in [0.1, 0.15) is 6.10 Å². The van der Waals surface area contributed by atoms with Crippen LogP contribution < -0.4 is 10.6 Å². The lowest BCUT2D eigenvalue weighted by Crippen LogP contribution is -2.56. The first-order valence-electron chi connectivity index (χ1n) is 16.6. The second-order valence-corrected chi connectivity index (χ2v) is 12.6.